The van der Waals surface area contributed by atoms with Crippen molar-refractivity contribution in [1.82, 2.24) is 15.1 Å². The Kier molecular flexibility index (Phi) is 3.27. The van der Waals surface area contributed by atoms with Gasteiger partial charge in [-0.15, -0.1) is 0 Å². The Labute approximate surface area is 96.0 Å². The number of piperidine rings is 1. The van der Waals surface area contributed by atoms with Gasteiger partial charge in [0.1, 0.15) is 0 Å². The van der Waals surface area contributed by atoms with Crippen molar-refractivity contribution < 1.29 is 4.79 Å². The van der Waals surface area contributed by atoms with Crippen LogP contribution in [0.5, 0.6) is 0 Å². The summed E-state index contributed by atoms with van der Waals surface area (Å²) in [6.07, 6.45) is 5.17. The average Bonchev–Trinajstić information content (AvgIpc) is 2.74. The Hall–Kier alpha value is -1.32. The van der Waals surface area contributed by atoms with Gasteiger partial charge in [0.05, 0.1) is 11.8 Å². The quantitative estimate of drug-likeness (QED) is 0.830. The van der Waals surface area contributed by atoms with Gasteiger partial charge in [0.25, 0.3) is 5.91 Å². The smallest absolute Gasteiger partial charge is 0.257 e. The number of amides is 1. The van der Waals surface area contributed by atoms with Crippen molar-refractivity contribution in [2.75, 3.05) is 13.1 Å². The second-order valence-electron chi connectivity index (χ2n) is 4.58. The first-order valence-electron chi connectivity index (χ1n) is 6.01. The lowest BCUT2D eigenvalue weighted by atomic mass is 9.95. The molecule has 1 saturated heterocycles. The van der Waals surface area contributed by atoms with Gasteiger partial charge in [0, 0.05) is 18.8 Å². The number of aromatic amines is 1. The molecule has 1 aliphatic rings. The van der Waals surface area contributed by atoms with E-state index in [0.717, 1.165) is 37.2 Å². The predicted octanol–water partition coefficient (Wildman–Crippen LogP) is 1.98. The van der Waals surface area contributed by atoms with Crippen LogP contribution in [0.2, 0.25) is 0 Å². The highest BCUT2D eigenvalue weighted by molar-refractivity contribution is 5.95. The molecule has 1 atom stereocenters. The molecule has 0 bridgehead atoms. The van der Waals surface area contributed by atoms with Gasteiger partial charge in [0.15, 0.2) is 0 Å². The molecule has 1 unspecified atom stereocenters. The van der Waals surface area contributed by atoms with Gasteiger partial charge in [-0.2, -0.15) is 5.10 Å². The van der Waals surface area contributed by atoms with Crippen LogP contribution in [0.1, 0.15) is 42.2 Å². The number of H-pyrrole nitrogens is 1. The molecular formula is C12H19N3O. The fourth-order valence-electron chi connectivity index (χ4n) is 2.32. The van der Waals surface area contributed by atoms with Crippen molar-refractivity contribution in [2.24, 2.45) is 5.92 Å². The Morgan fingerprint density at radius 1 is 1.69 bits per heavy atom. The summed E-state index contributed by atoms with van der Waals surface area (Å²) in [5.41, 5.74) is 1.58. The molecule has 2 rings (SSSR count). The van der Waals surface area contributed by atoms with E-state index in [0.29, 0.717) is 5.92 Å². The maximum Gasteiger partial charge on any atom is 0.257 e. The Bertz CT molecular complexity index is 372. The Morgan fingerprint density at radius 3 is 3.12 bits per heavy atom. The summed E-state index contributed by atoms with van der Waals surface area (Å²) in [5, 5.41) is 6.72. The molecule has 0 radical (unpaired) electrons. The lowest BCUT2D eigenvalue weighted by molar-refractivity contribution is 0.0670. The second-order valence-corrected chi connectivity index (χ2v) is 4.58. The zero-order valence-corrected chi connectivity index (χ0v) is 9.99. The molecule has 0 aromatic carbocycles. The number of likely N-dealkylation sites (tertiary alicyclic amines) is 1. The highest BCUT2D eigenvalue weighted by Gasteiger charge is 2.24. The molecule has 1 fully saturated rings. The summed E-state index contributed by atoms with van der Waals surface area (Å²) in [4.78, 5) is 14.2. The molecule has 1 amide bonds. The van der Waals surface area contributed by atoms with Crippen molar-refractivity contribution in [3.8, 4) is 0 Å². The van der Waals surface area contributed by atoms with Crippen molar-refractivity contribution in [2.45, 2.75) is 33.1 Å². The number of hydrogen-bond donors (Lipinski definition) is 1. The molecule has 0 saturated carbocycles. The topological polar surface area (TPSA) is 49.0 Å². The SMILES string of the molecule is CCC1CCCN(C(=O)c2cn[nH]c2C)C1. The van der Waals surface area contributed by atoms with Gasteiger partial charge in [-0.05, 0) is 25.7 Å². The number of aryl methyl sites for hydroxylation is 1. The van der Waals surface area contributed by atoms with Gasteiger partial charge < -0.3 is 4.90 Å². The van der Waals surface area contributed by atoms with E-state index in [1.165, 1.54) is 6.42 Å². The number of nitrogens with one attached hydrogen (secondary N) is 1. The summed E-state index contributed by atoms with van der Waals surface area (Å²) in [6.45, 7) is 5.88. The number of rotatable bonds is 2. The van der Waals surface area contributed by atoms with E-state index in [1.54, 1.807) is 6.20 Å². The fourth-order valence-corrected chi connectivity index (χ4v) is 2.32. The molecule has 16 heavy (non-hydrogen) atoms. The summed E-state index contributed by atoms with van der Waals surface area (Å²) < 4.78 is 0. The van der Waals surface area contributed by atoms with Crippen LogP contribution in [-0.4, -0.2) is 34.1 Å². The molecule has 4 heteroatoms. The lowest BCUT2D eigenvalue weighted by Gasteiger charge is -2.32. The van der Waals surface area contributed by atoms with Crippen LogP contribution in [0, 0.1) is 12.8 Å². The van der Waals surface area contributed by atoms with Crippen molar-refractivity contribution >= 4 is 5.91 Å². The lowest BCUT2D eigenvalue weighted by Crippen LogP contribution is -2.39. The van der Waals surface area contributed by atoms with E-state index in [2.05, 4.69) is 17.1 Å². The van der Waals surface area contributed by atoms with E-state index in [-0.39, 0.29) is 5.91 Å². The standard InChI is InChI=1S/C12H19N3O/c1-3-10-5-4-6-15(8-10)12(16)11-7-13-14-9(11)2/h7,10H,3-6,8H2,1-2H3,(H,13,14). The van der Waals surface area contributed by atoms with Gasteiger partial charge >= 0.3 is 0 Å². The van der Waals surface area contributed by atoms with Crippen LogP contribution in [0.15, 0.2) is 6.20 Å². The first kappa shape index (κ1) is 11.2. The van der Waals surface area contributed by atoms with Gasteiger partial charge in [-0.1, -0.05) is 13.3 Å². The third-order valence-electron chi connectivity index (χ3n) is 3.44. The largest absolute Gasteiger partial charge is 0.338 e. The zero-order chi connectivity index (χ0) is 11.5. The number of nitrogens with zero attached hydrogens (tertiary/aromatic N) is 2. The number of carbonyl (C=O) groups excluding carboxylic acids is 1. The van der Waals surface area contributed by atoms with Crippen LogP contribution in [0.3, 0.4) is 0 Å². The average molecular weight is 221 g/mol. The molecule has 1 aliphatic heterocycles. The minimum absolute atomic E-state index is 0.129. The number of hydrogen-bond acceptors (Lipinski definition) is 2. The van der Waals surface area contributed by atoms with Crippen molar-refractivity contribution in [3.05, 3.63) is 17.5 Å². The molecule has 2 heterocycles. The molecule has 0 aliphatic carbocycles. The van der Waals surface area contributed by atoms with Crippen LogP contribution in [-0.2, 0) is 0 Å². The van der Waals surface area contributed by atoms with Crippen LogP contribution in [0.4, 0.5) is 0 Å². The molecule has 88 valence electrons. The molecule has 1 aromatic rings. The Morgan fingerprint density at radius 2 is 2.50 bits per heavy atom. The summed E-state index contributed by atoms with van der Waals surface area (Å²) in [5.74, 6) is 0.800. The predicted molar refractivity (Wildman–Crippen MR) is 62.2 cm³/mol. The maximum atomic E-state index is 12.2. The normalized spacial score (nSPS) is 21.1. The third kappa shape index (κ3) is 2.10. The third-order valence-corrected chi connectivity index (χ3v) is 3.44. The molecule has 4 nitrogen and oxygen atoms in total. The first-order chi connectivity index (χ1) is 7.72. The van der Waals surface area contributed by atoms with Crippen LogP contribution >= 0.6 is 0 Å². The zero-order valence-electron chi connectivity index (χ0n) is 9.99. The number of aromatic nitrogens is 2. The highest BCUT2D eigenvalue weighted by atomic mass is 16.2. The van der Waals surface area contributed by atoms with E-state index in [9.17, 15) is 4.79 Å². The monoisotopic (exact) mass is 221 g/mol. The molecule has 0 spiro atoms. The van der Waals surface area contributed by atoms with Gasteiger partial charge in [-0.25, -0.2) is 0 Å². The minimum Gasteiger partial charge on any atom is -0.338 e. The number of carbonyl (C=O) groups is 1. The molecular weight excluding hydrogens is 202 g/mol. The van der Waals surface area contributed by atoms with E-state index < -0.39 is 0 Å². The van der Waals surface area contributed by atoms with E-state index >= 15 is 0 Å². The maximum absolute atomic E-state index is 12.2. The van der Waals surface area contributed by atoms with Crippen molar-refractivity contribution in [3.63, 3.8) is 0 Å². The fraction of sp³-hybridized carbons (Fsp3) is 0.667. The van der Waals surface area contributed by atoms with Crippen LogP contribution in [0.25, 0.3) is 0 Å². The Balaban J connectivity index is 2.07. The molecule has 1 aromatic heterocycles. The van der Waals surface area contributed by atoms with Gasteiger partial charge in [-0.3, -0.25) is 9.89 Å². The summed E-state index contributed by atoms with van der Waals surface area (Å²) in [7, 11) is 0. The van der Waals surface area contributed by atoms with Gasteiger partial charge in [0.2, 0.25) is 0 Å². The van der Waals surface area contributed by atoms with E-state index in [1.807, 2.05) is 11.8 Å². The first-order valence-corrected chi connectivity index (χ1v) is 6.01. The second kappa shape index (κ2) is 4.68. The minimum atomic E-state index is 0.129. The van der Waals surface area contributed by atoms with Crippen molar-refractivity contribution in [1.29, 1.82) is 0 Å². The van der Waals surface area contributed by atoms with Crippen LogP contribution < -0.4 is 0 Å². The molecule has 1 N–H and O–H groups in total. The highest BCUT2D eigenvalue weighted by Crippen LogP contribution is 2.21. The summed E-state index contributed by atoms with van der Waals surface area (Å²) >= 11 is 0. The summed E-state index contributed by atoms with van der Waals surface area (Å²) in [6, 6.07) is 0. The van der Waals surface area contributed by atoms with E-state index in [4.69, 9.17) is 0 Å².